The number of hydrogen-bond donors (Lipinski definition) is 3. The molecule has 1 heterocycles. The van der Waals surface area contributed by atoms with Crippen LogP contribution in [-0.2, 0) is 9.53 Å². The minimum absolute atomic E-state index is 0.142. The Hall–Kier alpha value is -1.99. The van der Waals surface area contributed by atoms with Crippen LogP contribution in [0.1, 0.15) is 68.5 Å². The molecule has 0 bridgehead atoms. The van der Waals surface area contributed by atoms with Crippen molar-refractivity contribution in [3.05, 3.63) is 64.4 Å². The van der Waals surface area contributed by atoms with Crippen molar-refractivity contribution >= 4 is 17.5 Å². The number of rotatable bonds is 13. The molecule has 0 aliphatic rings. The van der Waals surface area contributed by atoms with Crippen molar-refractivity contribution in [2.75, 3.05) is 13.7 Å². The number of amides is 1. The number of unbranched alkanes of at least 4 members (excludes halogenated alkanes) is 1. The van der Waals surface area contributed by atoms with Gasteiger partial charge in [0.05, 0.1) is 22.9 Å². The second-order valence-electron chi connectivity index (χ2n) is 8.62. The van der Waals surface area contributed by atoms with Crippen LogP contribution in [-0.4, -0.2) is 29.8 Å². The van der Waals surface area contributed by atoms with Crippen LogP contribution >= 0.6 is 11.6 Å². The lowest BCUT2D eigenvalue weighted by molar-refractivity contribution is -0.135. The largest absolute Gasteiger partial charge is 0.377 e. The van der Waals surface area contributed by atoms with Gasteiger partial charge >= 0.3 is 0 Å². The third kappa shape index (κ3) is 8.17. The Morgan fingerprint density at radius 2 is 1.88 bits per heavy atom. The van der Waals surface area contributed by atoms with Gasteiger partial charge in [-0.1, -0.05) is 61.7 Å². The number of pyridine rings is 1. The van der Waals surface area contributed by atoms with Gasteiger partial charge < -0.3 is 10.1 Å². The fourth-order valence-corrected chi connectivity index (χ4v) is 3.99. The van der Waals surface area contributed by atoms with E-state index in [9.17, 15) is 10.0 Å². The SMILES string of the molecule is CO[C@H](C[C@H](CCCCN[C@@H](c1ccc(Cl)cn1)C(C)C)C(=O)NO)c1ccc(C)cc1. The lowest BCUT2D eigenvalue weighted by Gasteiger charge is -2.23. The zero-order chi connectivity index (χ0) is 23.5. The summed E-state index contributed by atoms with van der Waals surface area (Å²) in [5.74, 6) is -0.309. The van der Waals surface area contributed by atoms with Gasteiger partial charge in [-0.3, -0.25) is 15.0 Å². The smallest absolute Gasteiger partial charge is 0.246 e. The zero-order valence-corrected chi connectivity index (χ0v) is 20.2. The molecule has 0 radical (unpaired) electrons. The van der Waals surface area contributed by atoms with Crippen molar-refractivity contribution in [1.82, 2.24) is 15.8 Å². The van der Waals surface area contributed by atoms with E-state index in [-0.39, 0.29) is 24.0 Å². The maximum absolute atomic E-state index is 12.3. The van der Waals surface area contributed by atoms with Crippen LogP contribution in [0.2, 0.25) is 5.02 Å². The van der Waals surface area contributed by atoms with Crippen LogP contribution in [0, 0.1) is 18.8 Å². The van der Waals surface area contributed by atoms with Gasteiger partial charge in [0.15, 0.2) is 0 Å². The first-order valence-corrected chi connectivity index (χ1v) is 11.6. The minimum Gasteiger partial charge on any atom is -0.377 e. The number of nitrogens with one attached hydrogen (secondary N) is 2. The van der Waals surface area contributed by atoms with Crippen molar-refractivity contribution in [2.24, 2.45) is 11.8 Å². The van der Waals surface area contributed by atoms with E-state index in [1.807, 2.05) is 48.8 Å². The van der Waals surface area contributed by atoms with Gasteiger partial charge in [-0.05, 0) is 56.3 Å². The number of hydroxylamine groups is 1. The van der Waals surface area contributed by atoms with Crippen molar-refractivity contribution in [1.29, 1.82) is 0 Å². The molecule has 0 fully saturated rings. The van der Waals surface area contributed by atoms with Crippen LogP contribution in [0.25, 0.3) is 0 Å². The van der Waals surface area contributed by atoms with Crippen LogP contribution in [0.4, 0.5) is 0 Å². The zero-order valence-electron chi connectivity index (χ0n) is 19.5. The Morgan fingerprint density at radius 3 is 2.44 bits per heavy atom. The monoisotopic (exact) mass is 461 g/mol. The second kappa shape index (κ2) is 13.5. The molecule has 1 amide bonds. The Labute approximate surface area is 196 Å². The Bertz CT molecular complexity index is 812. The first-order valence-electron chi connectivity index (χ1n) is 11.2. The lowest BCUT2D eigenvalue weighted by atomic mass is 9.91. The van der Waals surface area contributed by atoms with E-state index < -0.39 is 0 Å². The highest BCUT2D eigenvalue weighted by molar-refractivity contribution is 6.30. The van der Waals surface area contributed by atoms with Crippen molar-refractivity contribution in [3.8, 4) is 0 Å². The number of halogens is 1. The standard InChI is InChI=1S/C25H36ClN3O3/c1-17(2)24(22-13-12-21(26)16-28-22)27-14-6-5-7-20(25(30)29-31)15-23(32-4)19-10-8-18(3)9-11-19/h8-13,16-17,20,23-24,27,31H,5-7,14-15H2,1-4H3,(H,29,30)/t20-,23+,24+/m0/s1. The molecule has 0 aliphatic heterocycles. The normalized spacial score (nSPS) is 14.2. The molecule has 1 aromatic heterocycles. The summed E-state index contributed by atoms with van der Waals surface area (Å²) in [6.07, 6.45) is 4.43. The van der Waals surface area contributed by atoms with Crippen LogP contribution < -0.4 is 10.8 Å². The summed E-state index contributed by atoms with van der Waals surface area (Å²) in [4.78, 5) is 16.7. The molecule has 2 aromatic rings. The first-order chi connectivity index (χ1) is 15.3. The summed E-state index contributed by atoms with van der Waals surface area (Å²) >= 11 is 5.96. The van der Waals surface area contributed by atoms with E-state index in [1.54, 1.807) is 13.3 Å². The number of aromatic nitrogens is 1. The third-order valence-electron chi connectivity index (χ3n) is 5.79. The molecule has 0 aliphatic carbocycles. The number of methoxy groups -OCH3 is 1. The van der Waals surface area contributed by atoms with E-state index in [4.69, 9.17) is 16.3 Å². The van der Waals surface area contributed by atoms with E-state index in [2.05, 4.69) is 24.1 Å². The average molecular weight is 462 g/mol. The van der Waals surface area contributed by atoms with E-state index >= 15 is 0 Å². The fraction of sp³-hybridized carbons (Fsp3) is 0.520. The number of nitrogens with zero attached hydrogens (tertiary/aromatic N) is 1. The van der Waals surface area contributed by atoms with Gasteiger partial charge in [-0.2, -0.15) is 0 Å². The highest BCUT2D eigenvalue weighted by Gasteiger charge is 2.24. The summed E-state index contributed by atoms with van der Waals surface area (Å²) in [6, 6.07) is 12.1. The lowest BCUT2D eigenvalue weighted by Crippen LogP contribution is -2.30. The minimum atomic E-state index is -0.363. The summed E-state index contributed by atoms with van der Waals surface area (Å²) < 4.78 is 5.65. The number of benzene rings is 1. The fourth-order valence-electron chi connectivity index (χ4n) is 3.88. The molecule has 3 N–H and O–H groups in total. The predicted octanol–water partition coefficient (Wildman–Crippen LogP) is 5.40. The molecule has 0 unspecified atom stereocenters. The predicted molar refractivity (Wildman–Crippen MR) is 128 cm³/mol. The van der Waals surface area contributed by atoms with Gasteiger partial charge in [-0.25, -0.2) is 5.48 Å². The van der Waals surface area contributed by atoms with Crippen LogP contribution in [0.5, 0.6) is 0 Å². The van der Waals surface area contributed by atoms with Gasteiger partial charge in [0.1, 0.15) is 0 Å². The van der Waals surface area contributed by atoms with E-state index in [0.29, 0.717) is 23.8 Å². The average Bonchev–Trinajstić information content (AvgIpc) is 2.79. The van der Waals surface area contributed by atoms with Crippen molar-refractivity contribution < 1.29 is 14.7 Å². The quantitative estimate of drug-likeness (QED) is 0.211. The van der Waals surface area contributed by atoms with Gasteiger partial charge in [0.25, 0.3) is 0 Å². The molecule has 6 nitrogen and oxygen atoms in total. The third-order valence-corrected chi connectivity index (χ3v) is 6.02. The second-order valence-corrected chi connectivity index (χ2v) is 9.05. The van der Waals surface area contributed by atoms with Crippen molar-refractivity contribution in [3.63, 3.8) is 0 Å². The van der Waals surface area contributed by atoms with Gasteiger partial charge in [0, 0.05) is 19.2 Å². The van der Waals surface area contributed by atoms with Gasteiger partial charge in [0.2, 0.25) is 5.91 Å². The highest BCUT2D eigenvalue weighted by Crippen LogP contribution is 2.28. The number of aryl methyl sites for hydroxylation is 1. The maximum atomic E-state index is 12.3. The topological polar surface area (TPSA) is 83.5 Å². The summed E-state index contributed by atoms with van der Waals surface area (Å²) in [7, 11) is 1.65. The van der Waals surface area contributed by atoms with E-state index in [1.165, 1.54) is 5.56 Å². The molecule has 176 valence electrons. The Kier molecular flexibility index (Phi) is 11.1. The molecule has 3 atom stereocenters. The Morgan fingerprint density at radius 1 is 1.16 bits per heavy atom. The number of carbonyl (C=O) groups excluding carboxylic acids is 1. The van der Waals surface area contributed by atoms with Crippen LogP contribution in [0.3, 0.4) is 0 Å². The molecule has 7 heteroatoms. The molecule has 0 saturated heterocycles. The number of carbonyl (C=O) groups is 1. The highest BCUT2D eigenvalue weighted by atomic mass is 35.5. The number of hydrogen-bond acceptors (Lipinski definition) is 5. The molecule has 32 heavy (non-hydrogen) atoms. The molecular formula is C25H36ClN3O3. The molecule has 0 spiro atoms. The summed E-state index contributed by atoms with van der Waals surface area (Å²) in [5.41, 5.74) is 5.01. The summed E-state index contributed by atoms with van der Waals surface area (Å²) in [6.45, 7) is 7.16. The first kappa shape index (κ1) is 26.3. The number of ether oxygens (including phenoxy) is 1. The molecule has 0 saturated carbocycles. The molecular weight excluding hydrogens is 426 g/mol. The molecule has 2 rings (SSSR count). The maximum Gasteiger partial charge on any atom is 0.246 e. The van der Waals surface area contributed by atoms with E-state index in [0.717, 1.165) is 30.6 Å². The van der Waals surface area contributed by atoms with Gasteiger partial charge in [-0.15, -0.1) is 0 Å². The Balaban J connectivity index is 1.88. The summed E-state index contributed by atoms with van der Waals surface area (Å²) in [5, 5.41) is 13.4. The molecule has 1 aromatic carbocycles. The van der Waals surface area contributed by atoms with Crippen LogP contribution in [0.15, 0.2) is 42.6 Å². The van der Waals surface area contributed by atoms with Crippen molar-refractivity contribution in [2.45, 2.75) is 58.6 Å².